The molecule has 0 saturated heterocycles. The molecule has 1 N–H and O–H groups in total. The number of hydrogen-bond donors (Lipinski definition) is 1. The number of allylic oxidation sites excluding steroid dienone is 1. The lowest BCUT2D eigenvalue weighted by Gasteiger charge is -1.98. The highest BCUT2D eigenvalue weighted by molar-refractivity contribution is 4.85. The fourth-order valence-electron chi connectivity index (χ4n) is 1.34. The zero-order valence-corrected chi connectivity index (χ0v) is 9.13. The van der Waals surface area contributed by atoms with Crippen LogP contribution in [0.5, 0.6) is 0 Å². The highest BCUT2D eigenvalue weighted by Gasteiger charge is 1.88. The Hall–Kier alpha value is -0.300. The second kappa shape index (κ2) is 9.79. The summed E-state index contributed by atoms with van der Waals surface area (Å²) in [6.45, 7) is 4.03. The summed E-state index contributed by atoms with van der Waals surface area (Å²) in [6, 6.07) is 0. The first-order chi connectivity index (χ1) is 6.27. The van der Waals surface area contributed by atoms with Crippen molar-refractivity contribution in [3.63, 3.8) is 0 Å². The lowest BCUT2D eigenvalue weighted by atomic mass is 10.1. The van der Waals surface area contributed by atoms with Gasteiger partial charge in [-0.25, -0.2) is 0 Å². The number of hydrogen-bond acceptors (Lipinski definition) is 1. The van der Waals surface area contributed by atoms with E-state index in [1.807, 2.05) is 6.08 Å². The lowest BCUT2D eigenvalue weighted by molar-refractivity contribution is 0.244. The molecule has 0 aromatic heterocycles. The standard InChI is InChI=1S/C12H24O/c1-3-4-5-6-7-8-9-10-11-12(2)13/h10-13H,3-9H2,1-2H3/b11-10+. The van der Waals surface area contributed by atoms with Gasteiger partial charge in [-0.1, -0.05) is 51.2 Å². The largest absolute Gasteiger partial charge is 0.389 e. The van der Waals surface area contributed by atoms with Crippen molar-refractivity contribution in [2.75, 3.05) is 0 Å². The molecule has 0 heterocycles. The zero-order valence-electron chi connectivity index (χ0n) is 9.13. The van der Waals surface area contributed by atoms with E-state index < -0.39 is 0 Å². The second-order valence-electron chi connectivity index (χ2n) is 3.73. The summed E-state index contributed by atoms with van der Waals surface area (Å²) in [6.07, 6.45) is 12.9. The summed E-state index contributed by atoms with van der Waals surface area (Å²) in [4.78, 5) is 0. The Bertz CT molecular complexity index is 116. The van der Waals surface area contributed by atoms with Crippen molar-refractivity contribution in [1.29, 1.82) is 0 Å². The summed E-state index contributed by atoms with van der Waals surface area (Å²) in [7, 11) is 0. The summed E-state index contributed by atoms with van der Waals surface area (Å²) < 4.78 is 0. The van der Waals surface area contributed by atoms with Gasteiger partial charge >= 0.3 is 0 Å². The summed E-state index contributed by atoms with van der Waals surface area (Å²) >= 11 is 0. The Morgan fingerprint density at radius 2 is 1.69 bits per heavy atom. The molecule has 0 radical (unpaired) electrons. The second-order valence-corrected chi connectivity index (χ2v) is 3.73. The van der Waals surface area contributed by atoms with E-state index in [1.54, 1.807) is 6.92 Å². The topological polar surface area (TPSA) is 20.2 Å². The van der Waals surface area contributed by atoms with Crippen LogP contribution in [0, 0.1) is 0 Å². The maximum Gasteiger partial charge on any atom is 0.0692 e. The quantitative estimate of drug-likeness (QED) is 0.451. The maximum absolute atomic E-state index is 8.94. The van der Waals surface area contributed by atoms with Gasteiger partial charge in [0.1, 0.15) is 0 Å². The number of aliphatic hydroxyl groups excluding tert-OH is 1. The smallest absolute Gasteiger partial charge is 0.0692 e. The van der Waals surface area contributed by atoms with Gasteiger partial charge in [0, 0.05) is 0 Å². The Balaban J connectivity index is 2.99. The Morgan fingerprint density at radius 3 is 2.31 bits per heavy atom. The summed E-state index contributed by atoms with van der Waals surface area (Å²) in [5.41, 5.74) is 0. The molecule has 0 aliphatic carbocycles. The molecular weight excluding hydrogens is 160 g/mol. The van der Waals surface area contributed by atoms with Crippen molar-refractivity contribution in [1.82, 2.24) is 0 Å². The van der Waals surface area contributed by atoms with Crippen LogP contribution in [0.25, 0.3) is 0 Å². The molecule has 0 aromatic rings. The molecule has 0 aromatic carbocycles. The SMILES string of the molecule is CCCCCCCC/C=C/C(C)O. The first kappa shape index (κ1) is 12.7. The van der Waals surface area contributed by atoms with Crippen molar-refractivity contribution in [2.45, 2.75) is 64.9 Å². The van der Waals surface area contributed by atoms with Crippen LogP contribution in [0.15, 0.2) is 12.2 Å². The fraction of sp³-hybridized carbons (Fsp3) is 0.833. The number of aliphatic hydroxyl groups is 1. The van der Waals surface area contributed by atoms with Gasteiger partial charge in [-0.15, -0.1) is 0 Å². The van der Waals surface area contributed by atoms with Crippen LogP contribution < -0.4 is 0 Å². The molecule has 13 heavy (non-hydrogen) atoms. The monoisotopic (exact) mass is 184 g/mol. The van der Waals surface area contributed by atoms with E-state index in [1.165, 1.54) is 38.5 Å². The van der Waals surface area contributed by atoms with Crippen molar-refractivity contribution >= 4 is 0 Å². The first-order valence-electron chi connectivity index (χ1n) is 5.62. The van der Waals surface area contributed by atoms with Gasteiger partial charge in [0.05, 0.1) is 6.10 Å². The molecular formula is C12H24O. The molecule has 1 unspecified atom stereocenters. The van der Waals surface area contributed by atoms with E-state index in [9.17, 15) is 0 Å². The molecule has 0 bridgehead atoms. The van der Waals surface area contributed by atoms with Crippen molar-refractivity contribution in [3.8, 4) is 0 Å². The summed E-state index contributed by atoms with van der Waals surface area (Å²) in [5, 5.41) is 8.94. The predicted octanol–water partition coefficient (Wildman–Crippen LogP) is 3.67. The van der Waals surface area contributed by atoms with Crippen LogP contribution in [0.4, 0.5) is 0 Å². The number of unbranched alkanes of at least 4 members (excludes halogenated alkanes) is 6. The first-order valence-corrected chi connectivity index (χ1v) is 5.62. The molecule has 0 amide bonds. The van der Waals surface area contributed by atoms with Gasteiger partial charge in [-0.05, 0) is 19.8 Å². The minimum Gasteiger partial charge on any atom is -0.389 e. The van der Waals surface area contributed by atoms with Gasteiger partial charge < -0.3 is 5.11 Å². The fourth-order valence-corrected chi connectivity index (χ4v) is 1.34. The molecule has 1 nitrogen and oxygen atoms in total. The highest BCUT2D eigenvalue weighted by atomic mass is 16.3. The third kappa shape index (κ3) is 11.7. The average molecular weight is 184 g/mol. The maximum atomic E-state index is 8.94. The molecule has 0 rings (SSSR count). The minimum absolute atomic E-state index is 0.278. The number of rotatable bonds is 8. The molecule has 0 spiro atoms. The Morgan fingerprint density at radius 1 is 1.08 bits per heavy atom. The van der Waals surface area contributed by atoms with Crippen molar-refractivity contribution in [2.24, 2.45) is 0 Å². The normalized spacial score (nSPS) is 13.8. The molecule has 0 aliphatic heterocycles. The molecule has 0 saturated carbocycles. The van der Waals surface area contributed by atoms with E-state index in [2.05, 4.69) is 13.0 Å². The lowest BCUT2D eigenvalue weighted by Crippen LogP contribution is -1.91. The predicted molar refractivity (Wildman–Crippen MR) is 58.8 cm³/mol. The van der Waals surface area contributed by atoms with Gasteiger partial charge in [0.2, 0.25) is 0 Å². The van der Waals surface area contributed by atoms with Crippen LogP contribution in [-0.2, 0) is 0 Å². The third-order valence-electron chi connectivity index (χ3n) is 2.14. The van der Waals surface area contributed by atoms with Crippen molar-refractivity contribution in [3.05, 3.63) is 12.2 Å². The molecule has 0 aliphatic rings. The minimum atomic E-state index is -0.278. The van der Waals surface area contributed by atoms with E-state index in [0.717, 1.165) is 6.42 Å². The average Bonchev–Trinajstić information content (AvgIpc) is 2.09. The van der Waals surface area contributed by atoms with Gasteiger partial charge in [0.15, 0.2) is 0 Å². The highest BCUT2D eigenvalue weighted by Crippen LogP contribution is 2.07. The van der Waals surface area contributed by atoms with E-state index in [0.29, 0.717) is 0 Å². The Kier molecular flexibility index (Phi) is 9.56. The van der Waals surface area contributed by atoms with Crippen LogP contribution in [-0.4, -0.2) is 11.2 Å². The summed E-state index contributed by atoms with van der Waals surface area (Å²) in [5.74, 6) is 0. The molecule has 78 valence electrons. The van der Waals surface area contributed by atoms with E-state index in [4.69, 9.17) is 5.11 Å². The van der Waals surface area contributed by atoms with Crippen molar-refractivity contribution < 1.29 is 5.11 Å². The van der Waals surface area contributed by atoms with E-state index >= 15 is 0 Å². The van der Waals surface area contributed by atoms with Gasteiger partial charge in [0.25, 0.3) is 0 Å². The van der Waals surface area contributed by atoms with E-state index in [-0.39, 0.29) is 6.10 Å². The zero-order chi connectivity index (χ0) is 9.94. The third-order valence-corrected chi connectivity index (χ3v) is 2.14. The molecule has 0 fully saturated rings. The van der Waals surface area contributed by atoms with Crippen LogP contribution in [0.2, 0.25) is 0 Å². The van der Waals surface area contributed by atoms with Gasteiger partial charge in [-0.2, -0.15) is 0 Å². The van der Waals surface area contributed by atoms with Crippen LogP contribution >= 0.6 is 0 Å². The molecule has 1 heteroatoms. The van der Waals surface area contributed by atoms with Crippen LogP contribution in [0.3, 0.4) is 0 Å². The molecule has 1 atom stereocenters. The Labute approximate surface area is 82.9 Å². The van der Waals surface area contributed by atoms with Gasteiger partial charge in [-0.3, -0.25) is 0 Å². The van der Waals surface area contributed by atoms with Crippen LogP contribution in [0.1, 0.15) is 58.8 Å².